The molecule has 0 heterocycles. The predicted molar refractivity (Wildman–Crippen MR) is 67.3 cm³/mol. The average molecular weight is 236 g/mol. The monoisotopic (exact) mass is 236 g/mol. The minimum Gasteiger partial charge on any atom is -0.352 e. The molecular formula is C14H24N2O. The molecule has 0 aromatic heterocycles. The molecule has 3 aliphatic rings. The van der Waals surface area contributed by atoms with Crippen LogP contribution in [-0.2, 0) is 4.79 Å². The lowest BCUT2D eigenvalue weighted by molar-refractivity contribution is -0.128. The Bertz CT molecular complexity index is 310. The fourth-order valence-electron chi connectivity index (χ4n) is 3.76. The first-order valence-corrected chi connectivity index (χ1v) is 7.15. The van der Waals surface area contributed by atoms with Crippen LogP contribution in [0.25, 0.3) is 0 Å². The maximum atomic E-state index is 12.2. The molecule has 3 fully saturated rings. The summed E-state index contributed by atoms with van der Waals surface area (Å²) in [7, 11) is 0. The van der Waals surface area contributed by atoms with E-state index in [0.29, 0.717) is 29.8 Å². The molecule has 0 saturated heterocycles. The van der Waals surface area contributed by atoms with Crippen molar-refractivity contribution >= 4 is 5.91 Å². The number of nitrogens with two attached hydrogens (primary N) is 1. The van der Waals surface area contributed by atoms with Crippen LogP contribution in [-0.4, -0.2) is 18.0 Å². The highest BCUT2D eigenvalue weighted by molar-refractivity contribution is 5.85. The van der Waals surface area contributed by atoms with Gasteiger partial charge in [0.15, 0.2) is 0 Å². The molecule has 2 atom stereocenters. The third kappa shape index (κ3) is 2.10. The van der Waals surface area contributed by atoms with Gasteiger partial charge in [0.05, 0.1) is 0 Å². The molecule has 3 heteroatoms. The molecular weight excluding hydrogens is 212 g/mol. The van der Waals surface area contributed by atoms with Gasteiger partial charge in [-0.3, -0.25) is 4.79 Å². The van der Waals surface area contributed by atoms with Gasteiger partial charge >= 0.3 is 0 Å². The average Bonchev–Trinajstić information content (AvgIpc) is 2.99. The van der Waals surface area contributed by atoms with E-state index in [9.17, 15) is 4.79 Å². The van der Waals surface area contributed by atoms with Crippen LogP contribution in [0.15, 0.2) is 0 Å². The van der Waals surface area contributed by atoms with Crippen LogP contribution in [0.5, 0.6) is 0 Å². The van der Waals surface area contributed by atoms with E-state index in [4.69, 9.17) is 5.73 Å². The second kappa shape index (κ2) is 3.98. The molecule has 0 spiro atoms. The van der Waals surface area contributed by atoms with Gasteiger partial charge in [0, 0.05) is 17.5 Å². The normalized spacial score (nSPS) is 42.9. The molecule has 3 nitrogen and oxygen atoms in total. The molecule has 0 radical (unpaired) electrons. The lowest BCUT2D eigenvalue weighted by atomic mass is 9.67. The minimum absolute atomic E-state index is 0.0339. The molecule has 17 heavy (non-hydrogen) atoms. The van der Waals surface area contributed by atoms with Crippen LogP contribution < -0.4 is 11.1 Å². The Morgan fingerprint density at radius 1 is 1.24 bits per heavy atom. The largest absolute Gasteiger partial charge is 0.352 e. The Labute approximate surface area is 104 Å². The summed E-state index contributed by atoms with van der Waals surface area (Å²) in [6.07, 6.45) is 8.19. The lowest BCUT2D eigenvalue weighted by Gasteiger charge is -2.45. The van der Waals surface area contributed by atoms with Gasteiger partial charge in [-0.2, -0.15) is 0 Å². The van der Waals surface area contributed by atoms with E-state index in [1.54, 1.807) is 0 Å². The van der Waals surface area contributed by atoms with Crippen LogP contribution >= 0.6 is 0 Å². The summed E-state index contributed by atoms with van der Waals surface area (Å²) in [6.45, 7) is 2.09. The number of nitrogens with one attached hydrogen (secondary N) is 1. The van der Waals surface area contributed by atoms with E-state index in [-0.39, 0.29) is 5.41 Å². The van der Waals surface area contributed by atoms with Crippen molar-refractivity contribution in [3.8, 4) is 0 Å². The highest BCUT2D eigenvalue weighted by atomic mass is 16.2. The standard InChI is InChI=1S/C14H24N2O/c1-14(5-6-14)13(17)16-12-9-3-2-4-10(12)8-11(15)7-9/h9-12H,2-8,15H2,1H3,(H,16,17). The van der Waals surface area contributed by atoms with Crippen molar-refractivity contribution in [1.29, 1.82) is 0 Å². The van der Waals surface area contributed by atoms with E-state index in [1.807, 2.05) is 0 Å². The Morgan fingerprint density at radius 3 is 2.35 bits per heavy atom. The first-order valence-electron chi connectivity index (χ1n) is 7.15. The van der Waals surface area contributed by atoms with Gasteiger partial charge in [0.1, 0.15) is 0 Å². The van der Waals surface area contributed by atoms with Gasteiger partial charge in [0.25, 0.3) is 0 Å². The first-order chi connectivity index (χ1) is 8.08. The zero-order valence-corrected chi connectivity index (χ0v) is 10.7. The molecule has 0 aromatic carbocycles. The quantitative estimate of drug-likeness (QED) is 0.768. The molecule has 3 aliphatic carbocycles. The summed E-state index contributed by atoms with van der Waals surface area (Å²) in [5, 5.41) is 3.35. The fraction of sp³-hybridized carbons (Fsp3) is 0.929. The van der Waals surface area contributed by atoms with Crippen LogP contribution in [0.2, 0.25) is 0 Å². The third-order valence-electron chi connectivity index (χ3n) is 5.22. The summed E-state index contributed by atoms with van der Waals surface area (Å²) < 4.78 is 0. The molecule has 2 unspecified atom stereocenters. The summed E-state index contributed by atoms with van der Waals surface area (Å²) >= 11 is 0. The van der Waals surface area contributed by atoms with E-state index in [1.165, 1.54) is 19.3 Å². The summed E-state index contributed by atoms with van der Waals surface area (Å²) in [5.41, 5.74) is 6.07. The van der Waals surface area contributed by atoms with Crippen molar-refractivity contribution in [2.24, 2.45) is 23.0 Å². The molecule has 0 aromatic rings. The van der Waals surface area contributed by atoms with Gasteiger partial charge in [0.2, 0.25) is 5.91 Å². The lowest BCUT2D eigenvalue weighted by Crippen LogP contribution is -2.54. The first kappa shape index (κ1) is 11.5. The maximum absolute atomic E-state index is 12.2. The van der Waals surface area contributed by atoms with E-state index in [0.717, 1.165) is 25.7 Å². The van der Waals surface area contributed by atoms with Gasteiger partial charge in [-0.25, -0.2) is 0 Å². The van der Waals surface area contributed by atoms with Crippen LogP contribution in [0, 0.1) is 17.3 Å². The number of hydrogen-bond acceptors (Lipinski definition) is 2. The molecule has 96 valence electrons. The minimum atomic E-state index is -0.0339. The zero-order chi connectivity index (χ0) is 12.0. The molecule has 3 saturated carbocycles. The van der Waals surface area contributed by atoms with Crippen molar-refractivity contribution in [3.63, 3.8) is 0 Å². The topological polar surface area (TPSA) is 55.1 Å². The van der Waals surface area contributed by atoms with Crippen molar-refractivity contribution in [3.05, 3.63) is 0 Å². The van der Waals surface area contributed by atoms with Gasteiger partial charge in [-0.15, -0.1) is 0 Å². The van der Waals surface area contributed by atoms with Crippen LogP contribution in [0.3, 0.4) is 0 Å². The zero-order valence-electron chi connectivity index (χ0n) is 10.7. The Morgan fingerprint density at radius 2 is 1.82 bits per heavy atom. The van der Waals surface area contributed by atoms with Crippen molar-refractivity contribution in [1.82, 2.24) is 5.32 Å². The molecule has 3 rings (SSSR count). The fourth-order valence-corrected chi connectivity index (χ4v) is 3.76. The SMILES string of the molecule is CC1(C(=O)NC2C3CCCC2CC(N)C3)CC1. The predicted octanol–water partition coefficient (Wildman–Crippen LogP) is 1.81. The number of rotatable bonds is 2. The number of fused-ring (bicyclic) bond motifs is 2. The maximum Gasteiger partial charge on any atom is 0.226 e. The Hall–Kier alpha value is -0.570. The van der Waals surface area contributed by atoms with Crippen LogP contribution in [0.4, 0.5) is 0 Å². The van der Waals surface area contributed by atoms with E-state index < -0.39 is 0 Å². The number of carbonyl (C=O) groups is 1. The van der Waals surface area contributed by atoms with Gasteiger partial charge in [-0.1, -0.05) is 13.3 Å². The summed E-state index contributed by atoms with van der Waals surface area (Å²) in [4.78, 5) is 12.2. The second-order valence-electron chi connectivity index (χ2n) is 6.74. The third-order valence-corrected chi connectivity index (χ3v) is 5.22. The molecule has 1 amide bonds. The molecule has 3 N–H and O–H groups in total. The Balaban J connectivity index is 1.67. The number of carbonyl (C=O) groups excluding carboxylic acids is 1. The van der Waals surface area contributed by atoms with Crippen molar-refractivity contribution in [2.75, 3.05) is 0 Å². The van der Waals surface area contributed by atoms with Crippen molar-refractivity contribution < 1.29 is 4.79 Å². The van der Waals surface area contributed by atoms with Gasteiger partial charge < -0.3 is 11.1 Å². The van der Waals surface area contributed by atoms with Crippen molar-refractivity contribution in [2.45, 2.75) is 64.0 Å². The number of hydrogen-bond donors (Lipinski definition) is 2. The molecule has 2 bridgehead atoms. The summed E-state index contributed by atoms with van der Waals surface area (Å²) in [6, 6.07) is 0.795. The van der Waals surface area contributed by atoms with Crippen LogP contribution in [0.1, 0.15) is 51.9 Å². The van der Waals surface area contributed by atoms with Gasteiger partial charge in [-0.05, 0) is 50.4 Å². The number of amides is 1. The van der Waals surface area contributed by atoms with E-state index in [2.05, 4.69) is 12.2 Å². The summed E-state index contributed by atoms with van der Waals surface area (Å²) in [5.74, 6) is 1.59. The highest BCUT2D eigenvalue weighted by Gasteiger charge is 2.48. The second-order valence-corrected chi connectivity index (χ2v) is 6.74. The molecule has 0 aliphatic heterocycles. The smallest absolute Gasteiger partial charge is 0.226 e. The Kier molecular flexibility index (Phi) is 2.69. The highest BCUT2D eigenvalue weighted by Crippen LogP contribution is 2.46. The van der Waals surface area contributed by atoms with E-state index >= 15 is 0 Å².